The van der Waals surface area contributed by atoms with Gasteiger partial charge in [0.05, 0.1) is 0 Å². The summed E-state index contributed by atoms with van der Waals surface area (Å²) >= 11 is -3.09. The van der Waals surface area contributed by atoms with Gasteiger partial charge in [0.1, 0.15) is 0 Å². The summed E-state index contributed by atoms with van der Waals surface area (Å²) in [5.41, 5.74) is -3.84. The van der Waals surface area contributed by atoms with Crippen molar-refractivity contribution in [2.45, 2.75) is 16.5 Å². The van der Waals surface area contributed by atoms with Crippen LogP contribution in [0.2, 0.25) is 4.68 Å². The van der Waals surface area contributed by atoms with Gasteiger partial charge in [-0.1, -0.05) is 0 Å². The number of imidazole rings is 1. The molecule has 0 fully saturated rings. The third-order valence-electron chi connectivity index (χ3n) is 4.38. The maximum absolute atomic E-state index is 14.0. The standard InChI is InChI=1S/C15H10F3N3O3S.CH3.In/c1-3-10(8-25(2,23)24)14(22,15(16,17)18)13-20-11-5-4-9(7-19)6-12(11)21-13;;/h1,3-6,22H,2H3,(H,20,21);1H3;. The predicted molar refractivity (Wildman–Crippen MR) is 93.4 cm³/mol. The normalized spacial score (nSPS) is 17.4. The SMILES string of the molecule is [CH3][In]1[CH]=CC(C(O)(c2nc3ccc(C#N)cc3[nH]2)C(F)(F)F)=[C]1S(C)(=O)=O. The van der Waals surface area contributed by atoms with E-state index in [2.05, 4.69) is 9.97 Å². The Morgan fingerprint density at radius 3 is 2.56 bits per heavy atom. The predicted octanol–water partition coefficient (Wildman–Crippen LogP) is 2.26. The number of aromatic amines is 1. The zero-order valence-electron chi connectivity index (χ0n) is 14.2. The monoisotopic (exact) mass is 499 g/mol. The summed E-state index contributed by atoms with van der Waals surface area (Å²) in [7, 11) is -3.93. The first-order chi connectivity index (χ1) is 12.4. The number of rotatable bonds is 3. The van der Waals surface area contributed by atoms with Gasteiger partial charge in [-0.25, -0.2) is 0 Å². The molecule has 2 N–H and O–H groups in total. The summed E-state index contributed by atoms with van der Waals surface area (Å²) in [5, 5.41) is 19.7. The van der Waals surface area contributed by atoms with Gasteiger partial charge in [-0.3, -0.25) is 0 Å². The molecule has 0 aliphatic carbocycles. The molecule has 3 rings (SSSR count). The summed E-state index contributed by atoms with van der Waals surface area (Å²) in [5.74, 6) is -0.832. The molecule has 140 valence electrons. The molecule has 0 amide bonds. The van der Waals surface area contributed by atoms with E-state index in [0.29, 0.717) is 0 Å². The van der Waals surface area contributed by atoms with Crippen molar-refractivity contribution >= 4 is 42.3 Å². The second-order valence-corrected chi connectivity index (χ2v) is 16.8. The van der Waals surface area contributed by atoms with Crippen LogP contribution in [0.1, 0.15) is 11.4 Å². The van der Waals surface area contributed by atoms with Crippen molar-refractivity contribution in [3.63, 3.8) is 0 Å². The number of benzene rings is 1. The molecule has 1 aliphatic heterocycles. The number of nitrogens with zero attached hydrogens (tertiary/aromatic N) is 2. The van der Waals surface area contributed by atoms with Crippen molar-refractivity contribution in [3.05, 3.63) is 47.7 Å². The van der Waals surface area contributed by atoms with E-state index in [1.54, 1.807) is 4.68 Å². The van der Waals surface area contributed by atoms with Crippen LogP contribution in [0.25, 0.3) is 11.0 Å². The van der Waals surface area contributed by atoms with E-state index in [-0.39, 0.29) is 19.3 Å². The number of nitrogens with one attached hydrogen (secondary N) is 1. The number of fused-ring (bicyclic) bond motifs is 1. The Morgan fingerprint density at radius 2 is 2.00 bits per heavy atom. The van der Waals surface area contributed by atoms with Crippen LogP contribution in [0, 0.1) is 11.3 Å². The molecule has 0 bridgehead atoms. The number of nitriles is 1. The maximum atomic E-state index is 14.0. The summed E-state index contributed by atoms with van der Waals surface area (Å²) in [6.45, 7) is 0. The van der Waals surface area contributed by atoms with Gasteiger partial charge in [0.25, 0.3) is 0 Å². The molecule has 0 spiro atoms. The molecule has 1 aliphatic rings. The fourth-order valence-electron chi connectivity index (χ4n) is 3.16. The third kappa shape index (κ3) is 3.19. The topological polar surface area (TPSA) is 107 Å². The minimum atomic E-state index is -5.22. The van der Waals surface area contributed by atoms with Gasteiger partial charge in [-0.2, -0.15) is 0 Å². The van der Waals surface area contributed by atoms with Crippen LogP contribution in [0.4, 0.5) is 13.2 Å². The molecule has 6 nitrogen and oxygen atoms in total. The Bertz CT molecular complexity index is 1150. The number of H-pyrrole nitrogens is 1. The molecular formula is C16H13F3InN3O3S. The number of hydrogen-bond acceptors (Lipinski definition) is 5. The molecular weight excluding hydrogens is 486 g/mol. The first kappa shape index (κ1) is 20.0. The fraction of sp³-hybridized carbons (Fsp3) is 0.250. The molecule has 11 heteroatoms. The molecule has 0 radical (unpaired) electrons. The van der Waals surface area contributed by atoms with Crippen LogP contribution >= 0.6 is 0 Å². The average Bonchev–Trinajstić information content (AvgIpc) is 3.15. The Hall–Kier alpha value is -1.77. The first-order valence-electron chi connectivity index (χ1n) is 7.72. The van der Waals surface area contributed by atoms with Crippen molar-refractivity contribution in [2.24, 2.45) is 0 Å². The van der Waals surface area contributed by atoms with Gasteiger partial charge in [-0.05, 0) is 0 Å². The van der Waals surface area contributed by atoms with Crippen molar-refractivity contribution in [3.8, 4) is 6.07 Å². The second kappa shape index (κ2) is 6.39. The number of halogens is 3. The van der Waals surface area contributed by atoms with Crippen LogP contribution in [0.15, 0.2) is 36.3 Å². The van der Waals surface area contributed by atoms with Gasteiger partial charge in [0.15, 0.2) is 0 Å². The van der Waals surface area contributed by atoms with E-state index in [4.69, 9.17) is 5.26 Å². The molecule has 1 unspecified atom stereocenters. The van der Waals surface area contributed by atoms with E-state index in [1.807, 2.05) is 6.07 Å². The van der Waals surface area contributed by atoms with E-state index in [9.17, 15) is 26.7 Å². The van der Waals surface area contributed by atoms with Crippen LogP contribution < -0.4 is 0 Å². The van der Waals surface area contributed by atoms with E-state index in [1.165, 1.54) is 22.0 Å². The molecule has 1 atom stereocenters. The molecule has 2 aromatic rings. The van der Waals surface area contributed by atoms with Gasteiger partial charge < -0.3 is 0 Å². The fourth-order valence-corrected chi connectivity index (χ4v) is 14.9. The van der Waals surface area contributed by atoms with Crippen molar-refractivity contribution in [2.75, 3.05) is 6.26 Å². The Balaban J connectivity index is 2.34. The Morgan fingerprint density at radius 1 is 1.33 bits per heavy atom. The van der Waals surface area contributed by atoms with Crippen molar-refractivity contribution in [1.82, 2.24) is 9.97 Å². The van der Waals surface area contributed by atoms with E-state index in [0.717, 1.165) is 12.3 Å². The zero-order chi connectivity index (χ0) is 20.2. The molecule has 27 heavy (non-hydrogen) atoms. The third-order valence-corrected chi connectivity index (χ3v) is 17.0. The second-order valence-electron chi connectivity index (χ2n) is 6.34. The first-order valence-corrected chi connectivity index (χ1v) is 16.5. The summed E-state index contributed by atoms with van der Waals surface area (Å²) in [4.78, 5) is 6.25. The van der Waals surface area contributed by atoms with Crippen LogP contribution in [0.3, 0.4) is 0 Å². The molecule has 0 saturated carbocycles. The summed E-state index contributed by atoms with van der Waals surface area (Å²) < 4.78 is 69.1. The average molecular weight is 499 g/mol. The summed E-state index contributed by atoms with van der Waals surface area (Å²) in [6.07, 6.45) is -3.32. The number of hydrogen-bond donors (Lipinski definition) is 2. The van der Waals surface area contributed by atoms with Gasteiger partial charge >= 0.3 is 161 Å². The van der Waals surface area contributed by atoms with Crippen LogP contribution in [-0.2, 0) is 15.4 Å². The van der Waals surface area contributed by atoms with Crippen LogP contribution in [0.5, 0.6) is 0 Å². The van der Waals surface area contributed by atoms with Crippen molar-refractivity contribution < 1.29 is 26.7 Å². The molecule has 1 aromatic heterocycles. The number of sulfone groups is 1. The van der Waals surface area contributed by atoms with E-state index < -0.39 is 54.4 Å². The Kier molecular flexibility index (Phi) is 4.73. The van der Waals surface area contributed by atoms with E-state index >= 15 is 0 Å². The minimum absolute atomic E-state index is 0.117. The number of aliphatic hydroxyl groups is 1. The Labute approximate surface area is 160 Å². The van der Waals surface area contributed by atoms with Crippen LogP contribution in [-0.4, -0.2) is 57.4 Å². The molecule has 2 heterocycles. The molecule has 0 saturated heterocycles. The van der Waals surface area contributed by atoms with Gasteiger partial charge in [-0.15, -0.1) is 0 Å². The zero-order valence-corrected chi connectivity index (χ0v) is 18.3. The molecule has 1 aromatic carbocycles. The summed E-state index contributed by atoms with van der Waals surface area (Å²) in [6, 6.07) is 5.90. The van der Waals surface area contributed by atoms with Gasteiger partial charge in [0.2, 0.25) is 0 Å². The van der Waals surface area contributed by atoms with Gasteiger partial charge in [0, 0.05) is 0 Å². The number of aromatic nitrogens is 2. The number of alkyl halides is 3. The quantitative estimate of drug-likeness (QED) is 0.674. The van der Waals surface area contributed by atoms with Crippen molar-refractivity contribution in [1.29, 1.82) is 5.26 Å².